The van der Waals surface area contributed by atoms with Crippen LogP contribution >= 0.6 is 0 Å². The summed E-state index contributed by atoms with van der Waals surface area (Å²) in [7, 11) is 0. The summed E-state index contributed by atoms with van der Waals surface area (Å²) >= 11 is 0. The average molecular weight is 372 g/mol. The monoisotopic (exact) mass is 372 g/mol. The lowest BCUT2D eigenvalue weighted by Crippen LogP contribution is -2.28. The number of rotatable bonds is 6. The fourth-order valence-corrected chi connectivity index (χ4v) is 2.77. The maximum Gasteiger partial charge on any atom is 0.312 e. The molecule has 10 heteroatoms. The minimum Gasteiger partial charge on any atom is -0.350 e. The lowest BCUT2D eigenvalue weighted by molar-refractivity contribution is -0.386. The zero-order valence-corrected chi connectivity index (χ0v) is 14.7. The van der Waals surface area contributed by atoms with Crippen molar-refractivity contribution in [2.45, 2.75) is 26.9 Å². The molecule has 0 aliphatic heterocycles. The van der Waals surface area contributed by atoms with Gasteiger partial charge in [0.2, 0.25) is 5.91 Å². The van der Waals surface area contributed by atoms with Crippen LogP contribution in [0.15, 0.2) is 36.9 Å². The van der Waals surface area contributed by atoms with Crippen molar-refractivity contribution in [1.82, 2.24) is 24.6 Å². The van der Waals surface area contributed by atoms with Crippen LogP contribution in [0.25, 0.3) is 5.69 Å². The maximum absolute atomic E-state index is 14.2. The molecule has 0 bridgehead atoms. The highest BCUT2D eigenvalue weighted by Crippen LogP contribution is 2.21. The summed E-state index contributed by atoms with van der Waals surface area (Å²) in [6.07, 6.45) is 4.68. The molecule has 0 atom stereocenters. The van der Waals surface area contributed by atoms with E-state index in [2.05, 4.69) is 15.4 Å². The molecule has 0 radical (unpaired) electrons. The fraction of sp³-hybridized carbons (Fsp3) is 0.235. The van der Waals surface area contributed by atoms with Crippen LogP contribution in [0.4, 0.5) is 10.1 Å². The molecule has 1 amide bonds. The number of amides is 1. The summed E-state index contributed by atoms with van der Waals surface area (Å²) in [4.78, 5) is 26.5. The van der Waals surface area contributed by atoms with Gasteiger partial charge in [0.05, 0.1) is 16.9 Å². The molecular weight excluding hydrogens is 355 g/mol. The van der Waals surface area contributed by atoms with E-state index >= 15 is 0 Å². The van der Waals surface area contributed by atoms with Crippen LogP contribution < -0.4 is 5.32 Å². The number of carbonyl (C=O) groups is 1. The SMILES string of the molecule is Cc1nn(CC(=O)NCc2ccc(-n3ccnc3)c(F)c2)c(C)c1[N+](=O)[O-]. The average Bonchev–Trinajstić information content (AvgIpc) is 3.22. The van der Waals surface area contributed by atoms with Gasteiger partial charge in [-0.25, -0.2) is 9.37 Å². The van der Waals surface area contributed by atoms with E-state index in [0.717, 1.165) is 0 Å². The van der Waals surface area contributed by atoms with E-state index in [1.54, 1.807) is 29.1 Å². The van der Waals surface area contributed by atoms with Crippen molar-refractivity contribution < 1.29 is 14.1 Å². The third-order valence-electron chi connectivity index (χ3n) is 4.10. The molecule has 0 aliphatic carbocycles. The number of nitrogens with one attached hydrogen (secondary N) is 1. The Kier molecular flexibility index (Phi) is 4.97. The number of hydrogen-bond acceptors (Lipinski definition) is 5. The first-order valence-corrected chi connectivity index (χ1v) is 8.08. The highest BCUT2D eigenvalue weighted by Gasteiger charge is 2.22. The van der Waals surface area contributed by atoms with Gasteiger partial charge in [-0.05, 0) is 31.5 Å². The van der Waals surface area contributed by atoms with E-state index in [4.69, 9.17) is 0 Å². The minimum atomic E-state index is -0.517. The largest absolute Gasteiger partial charge is 0.350 e. The van der Waals surface area contributed by atoms with Gasteiger partial charge in [0.25, 0.3) is 0 Å². The third-order valence-corrected chi connectivity index (χ3v) is 4.10. The molecule has 2 aromatic heterocycles. The van der Waals surface area contributed by atoms with E-state index in [-0.39, 0.29) is 30.4 Å². The Bertz CT molecular complexity index is 997. The smallest absolute Gasteiger partial charge is 0.312 e. The van der Waals surface area contributed by atoms with Crippen molar-refractivity contribution in [2.75, 3.05) is 0 Å². The van der Waals surface area contributed by atoms with E-state index in [9.17, 15) is 19.3 Å². The Hall–Kier alpha value is -3.56. The van der Waals surface area contributed by atoms with Gasteiger partial charge in [0, 0.05) is 18.9 Å². The van der Waals surface area contributed by atoms with Crippen LogP contribution in [0.3, 0.4) is 0 Å². The molecule has 1 N–H and O–H groups in total. The molecule has 140 valence electrons. The number of aromatic nitrogens is 4. The maximum atomic E-state index is 14.2. The van der Waals surface area contributed by atoms with Gasteiger partial charge in [-0.2, -0.15) is 5.10 Å². The quantitative estimate of drug-likeness (QED) is 0.526. The van der Waals surface area contributed by atoms with Crippen LogP contribution in [0.2, 0.25) is 0 Å². The Balaban J connectivity index is 1.64. The molecule has 3 rings (SSSR count). The van der Waals surface area contributed by atoms with Gasteiger partial charge < -0.3 is 9.88 Å². The van der Waals surface area contributed by atoms with E-state index in [0.29, 0.717) is 16.9 Å². The van der Waals surface area contributed by atoms with Crippen LogP contribution in [0, 0.1) is 29.8 Å². The first-order chi connectivity index (χ1) is 12.9. The van der Waals surface area contributed by atoms with E-state index < -0.39 is 10.7 Å². The first-order valence-electron chi connectivity index (χ1n) is 8.08. The van der Waals surface area contributed by atoms with Crippen molar-refractivity contribution in [2.24, 2.45) is 0 Å². The number of nitrogens with zero attached hydrogens (tertiary/aromatic N) is 5. The molecule has 9 nitrogen and oxygen atoms in total. The predicted octanol–water partition coefficient (Wildman–Crippen LogP) is 2.05. The van der Waals surface area contributed by atoms with Gasteiger partial charge in [0.1, 0.15) is 23.7 Å². The molecule has 27 heavy (non-hydrogen) atoms. The summed E-state index contributed by atoms with van der Waals surface area (Å²) in [5, 5.41) is 17.7. The Morgan fingerprint density at radius 1 is 1.37 bits per heavy atom. The zero-order chi connectivity index (χ0) is 19.6. The molecule has 0 saturated carbocycles. The molecule has 0 spiro atoms. The second-order valence-electron chi connectivity index (χ2n) is 5.97. The molecule has 2 heterocycles. The van der Waals surface area contributed by atoms with Crippen molar-refractivity contribution >= 4 is 11.6 Å². The zero-order valence-electron chi connectivity index (χ0n) is 14.7. The molecular formula is C17H17FN6O3. The van der Waals surface area contributed by atoms with Gasteiger partial charge in [-0.3, -0.25) is 19.6 Å². The Morgan fingerprint density at radius 2 is 2.15 bits per heavy atom. The number of hydrogen-bond donors (Lipinski definition) is 1. The standard InChI is InChI=1S/C17H17FN6O3/c1-11-17(24(26)27)12(2)23(21-11)9-16(25)20-8-13-3-4-15(14(18)7-13)22-6-5-19-10-22/h3-7,10H,8-9H2,1-2H3,(H,20,25). The van der Waals surface area contributed by atoms with Crippen molar-refractivity contribution in [3.05, 3.63) is 69.8 Å². The molecule has 0 fully saturated rings. The van der Waals surface area contributed by atoms with Gasteiger partial charge in [-0.1, -0.05) is 6.07 Å². The van der Waals surface area contributed by atoms with E-state index in [1.165, 1.54) is 30.9 Å². The van der Waals surface area contributed by atoms with Crippen molar-refractivity contribution in [3.8, 4) is 5.69 Å². The van der Waals surface area contributed by atoms with Crippen molar-refractivity contribution in [1.29, 1.82) is 0 Å². The second kappa shape index (κ2) is 7.36. The van der Waals surface area contributed by atoms with Crippen LogP contribution in [-0.2, 0) is 17.9 Å². The summed E-state index contributed by atoms with van der Waals surface area (Å²) in [6, 6.07) is 4.64. The summed E-state index contributed by atoms with van der Waals surface area (Å²) in [6.45, 7) is 3.03. The minimum absolute atomic E-state index is 0.0973. The molecule has 0 aliphatic rings. The highest BCUT2D eigenvalue weighted by atomic mass is 19.1. The normalized spacial score (nSPS) is 10.8. The van der Waals surface area contributed by atoms with Crippen LogP contribution in [0.5, 0.6) is 0 Å². The topological polar surface area (TPSA) is 108 Å². The van der Waals surface area contributed by atoms with Gasteiger partial charge in [0.15, 0.2) is 0 Å². The number of nitro groups is 1. The second-order valence-corrected chi connectivity index (χ2v) is 5.97. The molecule has 1 aromatic carbocycles. The highest BCUT2D eigenvalue weighted by molar-refractivity contribution is 5.75. The van der Waals surface area contributed by atoms with Crippen LogP contribution in [0.1, 0.15) is 17.0 Å². The summed E-state index contributed by atoms with van der Waals surface area (Å²) < 4.78 is 17.1. The van der Waals surface area contributed by atoms with Gasteiger partial charge in [-0.15, -0.1) is 0 Å². The molecule has 0 saturated heterocycles. The number of benzene rings is 1. The number of halogens is 1. The third kappa shape index (κ3) is 3.84. The lowest BCUT2D eigenvalue weighted by atomic mass is 10.2. The van der Waals surface area contributed by atoms with E-state index in [1.807, 2.05) is 0 Å². The molecule has 3 aromatic rings. The lowest BCUT2D eigenvalue weighted by Gasteiger charge is -2.09. The molecule has 0 unspecified atom stereocenters. The number of carbonyl (C=O) groups excluding carboxylic acids is 1. The fourth-order valence-electron chi connectivity index (χ4n) is 2.77. The first kappa shape index (κ1) is 18.2. The van der Waals surface area contributed by atoms with Crippen LogP contribution in [-0.4, -0.2) is 30.2 Å². The predicted molar refractivity (Wildman–Crippen MR) is 93.7 cm³/mol. The Labute approximate surface area is 153 Å². The Morgan fingerprint density at radius 3 is 2.74 bits per heavy atom. The van der Waals surface area contributed by atoms with Crippen molar-refractivity contribution in [3.63, 3.8) is 0 Å². The van der Waals surface area contributed by atoms with Gasteiger partial charge >= 0.3 is 5.69 Å². The number of imidazole rings is 1. The summed E-state index contributed by atoms with van der Waals surface area (Å²) in [5.74, 6) is -0.816. The summed E-state index contributed by atoms with van der Waals surface area (Å²) in [5.41, 5.74) is 1.41. The number of aryl methyl sites for hydroxylation is 1.